The molecular formula is C10H20O4. The van der Waals surface area contributed by atoms with Crippen LogP contribution in [0.2, 0.25) is 0 Å². The number of rotatable bonds is 5. The van der Waals surface area contributed by atoms with Crippen molar-refractivity contribution in [1.82, 2.24) is 0 Å². The van der Waals surface area contributed by atoms with Crippen molar-refractivity contribution >= 4 is 5.97 Å². The third-order valence-electron chi connectivity index (χ3n) is 1.40. The van der Waals surface area contributed by atoms with Crippen molar-refractivity contribution in [2.45, 2.75) is 32.3 Å². The van der Waals surface area contributed by atoms with E-state index < -0.39 is 5.97 Å². The van der Waals surface area contributed by atoms with Gasteiger partial charge in [0.25, 0.3) is 0 Å². The molecule has 0 aromatic heterocycles. The van der Waals surface area contributed by atoms with Gasteiger partial charge in [-0.1, -0.05) is 6.58 Å². The fraction of sp³-hybridized carbons (Fsp3) is 0.700. The fourth-order valence-corrected chi connectivity index (χ4v) is 0.635. The van der Waals surface area contributed by atoms with Gasteiger partial charge in [0.05, 0.1) is 13.2 Å². The Morgan fingerprint density at radius 3 is 2.36 bits per heavy atom. The minimum Gasteiger partial charge on any atom is -0.466 e. The monoisotopic (exact) mass is 204 g/mol. The summed E-state index contributed by atoms with van der Waals surface area (Å²) in [4.78, 5) is 9.84. The molecule has 1 atom stereocenters. The molecular weight excluding hydrogens is 184 g/mol. The van der Waals surface area contributed by atoms with Gasteiger partial charge >= 0.3 is 5.97 Å². The molecule has 2 N–H and O–H groups in total. The number of aliphatic hydroxyl groups excluding tert-OH is 2. The Morgan fingerprint density at radius 1 is 1.57 bits per heavy atom. The molecule has 0 saturated carbocycles. The molecule has 0 bridgehead atoms. The molecule has 0 amide bonds. The average Bonchev–Trinajstić information content (AvgIpc) is 2.17. The Hall–Kier alpha value is -0.870. The number of carbonyl (C=O) groups excluding carboxylic acids is 1. The summed E-state index contributed by atoms with van der Waals surface area (Å²) in [5.74, 6) is -0.394. The van der Waals surface area contributed by atoms with Crippen LogP contribution in [0.3, 0.4) is 0 Å². The first-order valence-electron chi connectivity index (χ1n) is 4.57. The molecule has 0 aromatic carbocycles. The van der Waals surface area contributed by atoms with Gasteiger partial charge in [-0.05, 0) is 26.2 Å². The van der Waals surface area contributed by atoms with Gasteiger partial charge in [0.2, 0.25) is 0 Å². The molecule has 0 fully saturated rings. The SMILES string of the molecule is C=CC(=O)OC.CC(O)CCCCO. The number of esters is 1. The van der Waals surface area contributed by atoms with Gasteiger partial charge in [0.15, 0.2) is 0 Å². The van der Waals surface area contributed by atoms with E-state index >= 15 is 0 Å². The van der Waals surface area contributed by atoms with E-state index in [1.165, 1.54) is 7.11 Å². The minimum atomic E-state index is -0.394. The number of ether oxygens (including phenoxy) is 1. The van der Waals surface area contributed by atoms with Gasteiger partial charge < -0.3 is 14.9 Å². The highest BCUT2D eigenvalue weighted by atomic mass is 16.5. The number of unbranched alkanes of at least 4 members (excludes halogenated alkanes) is 1. The Kier molecular flexibility index (Phi) is 13.5. The van der Waals surface area contributed by atoms with Gasteiger partial charge in [-0.3, -0.25) is 0 Å². The molecule has 0 aromatic rings. The highest BCUT2D eigenvalue weighted by molar-refractivity contribution is 5.80. The number of aliphatic hydroxyl groups is 2. The molecule has 84 valence electrons. The summed E-state index contributed by atoms with van der Waals surface area (Å²) in [7, 11) is 1.31. The molecule has 0 spiro atoms. The van der Waals surface area contributed by atoms with Crippen LogP contribution in [0.15, 0.2) is 12.7 Å². The largest absolute Gasteiger partial charge is 0.466 e. The number of hydrogen-bond acceptors (Lipinski definition) is 4. The molecule has 4 nitrogen and oxygen atoms in total. The van der Waals surface area contributed by atoms with Crippen molar-refractivity contribution in [2.75, 3.05) is 13.7 Å². The summed E-state index contributed by atoms with van der Waals surface area (Å²) in [5, 5.41) is 17.0. The van der Waals surface area contributed by atoms with Crippen molar-refractivity contribution < 1.29 is 19.7 Å². The van der Waals surface area contributed by atoms with Gasteiger partial charge in [0.1, 0.15) is 0 Å². The van der Waals surface area contributed by atoms with Gasteiger partial charge in [-0.25, -0.2) is 4.79 Å². The number of carbonyl (C=O) groups is 1. The quantitative estimate of drug-likeness (QED) is 0.396. The number of hydrogen-bond donors (Lipinski definition) is 2. The van der Waals surface area contributed by atoms with Gasteiger partial charge in [0, 0.05) is 12.7 Å². The minimum absolute atomic E-state index is 0.207. The predicted molar refractivity (Wildman–Crippen MR) is 54.8 cm³/mol. The smallest absolute Gasteiger partial charge is 0.329 e. The van der Waals surface area contributed by atoms with Gasteiger partial charge in [-0.15, -0.1) is 0 Å². The third kappa shape index (κ3) is 17.3. The predicted octanol–water partition coefficient (Wildman–Crippen LogP) is 0.875. The van der Waals surface area contributed by atoms with Crippen molar-refractivity contribution in [3.05, 3.63) is 12.7 Å². The molecule has 1 unspecified atom stereocenters. The summed E-state index contributed by atoms with van der Waals surface area (Å²) in [6.45, 7) is 5.16. The number of methoxy groups -OCH3 is 1. The third-order valence-corrected chi connectivity index (χ3v) is 1.40. The lowest BCUT2D eigenvalue weighted by Crippen LogP contribution is -1.98. The molecule has 0 rings (SSSR count). The van der Waals surface area contributed by atoms with Crippen LogP contribution in [-0.4, -0.2) is 36.0 Å². The molecule has 0 aliphatic carbocycles. The molecule has 4 heteroatoms. The first-order chi connectivity index (χ1) is 6.58. The summed E-state index contributed by atoms with van der Waals surface area (Å²) in [6, 6.07) is 0. The molecule has 0 saturated heterocycles. The Balaban J connectivity index is 0. The molecule has 0 aliphatic rings. The van der Waals surface area contributed by atoms with E-state index in [1.807, 2.05) is 0 Å². The van der Waals surface area contributed by atoms with E-state index in [2.05, 4.69) is 11.3 Å². The molecule has 0 aliphatic heterocycles. The molecule has 0 heterocycles. The van der Waals surface area contributed by atoms with Gasteiger partial charge in [-0.2, -0.15) is 0 Å². The highest BCUT2D eigenvalue weighted by Crippen LogP contribution is 1.97. The zero-order valence-corrected chi connectivity index (χ0v) is 8.90. The normalized spacial score (nSPS) is 10.9. The van der Waals surface area contributed by atoms with E-state index in [-0.39, 0.29) is 12.7 Å². The fourth-order valence-electron chi connectivity index (χ4n) is 0.635. The first-order valence-corrected chi connectivity index (χ1v) is 4.57. The Labute approximate surface area is 85.2 Å². The van der Waals surface area contributed by atoms with Crippen molar-refractivity contribution in [2.24, 2.45) is 0 Å². The van der Waals surface area contributed by atoms with E-state index in [0.29, 0.717) is 0 Å². The summed E-state index contributed by atoms with van der Waals surface area (Å²) in [6.07, 6.45) is 3.45. The van der Waals surface area contributed by atoms with Crippen molar-refractivity contribution in [3.8, 4) is 0 Å². The van der Waals surface area contributed by atoms with Crippen LogP contribution in [0.1, 0.15) is 26.2 Å². The highest BCUT2D eigenvalue weighted by Gasteiger charge is 1.92. The van der Waals surface area contributed by atoms with Crippen LogP contribution < -0.4 is 0 Å². The maximum atomic E-state index is 9.84. The second kappa shape index (κ2) is 12.1. The second-order valence-electron chi connectivity index (χ2n) is 2.80. The first kappa shape index (κ1) is 15.6. The van der Waals surface area contributed by atoms with Crippen molar-refractivity contribution in [1.29, 1.82) is 0 Å². The zero-order chi connectivity index (χ0) is 11.4. The average molecular weight is 204 g/mol. The maximum absolute atomic E-state index is 9.84. The van der Waals surface area contributed by atoms with Crippen molar-refractivity contribution in [3.63, 3.8) is 0 Å². The lowest BCUT2D eigenvalue weighted by Gasteiger charge is -1.99. The van der Waals surface area contributed by atoms with E-state index in [1.54, 1.807) is 6.92 Å². The van der Waals surface area contributed by atoms with Crippen LogP contribution in [0.25, 0.3) is 0 Å². The Morgan fingerprint density at radius 2 is 2.14 bits per heavy atom. The lowest BCUT2D eigenvalue weighted by atomic mass is 10.2. The summed E-state index contributed by atoms with van der Waals surface area (Å²) in [5.41, 5.74) is 0. The van der Waals surface area contributed by atoms with E-state index in [9.17, 15) is 4.79 Å². The van der Waals surface area contributed by atoms with Crippen LogP contribution in [0.4, 0.5) is 0 Å². The van der Waals surface area contributed by atoms with E-state index in [4.69, 9.17) is 10.2 Å². The van der Waals surface area contributed by atoms with Crippen LogP contribution in [-0.2, 0) is 9.53 Å². The topological polar surface area (TPSA) is 66.8 Å². The van der Waals surface area contributed by atoms with Crippen LogP contribution in [0, 0.1) is 0 Å². The maximum Gasteiger partial charge on any atom is 0.329 e. The standard InChI is InChI=1S/C6H14O2.C4H6O2/c1-6(8)4-2-3-5-7;1-3-4(5)6-2/h6-8H,2-5H2,1H3;3H,1H2,2H3. The Bertz CT molecular complexity index is 143. The van der Waals surface area contributed by atoms with Crippen LogP contribution >= 0.6 is 0 Å². The summed E-state index contributed by atoms with van der Waals surface area (Å²) >= 11 is 0. The molecule has 14 heavy (non-hydrogen) atoms. The second-order valence-corrected chi connectivity index (χ2v) is 2.80. The molecule has 0 radical (unpaired) electrons. The zero-order valence-electron chi connectivity index (χ0n) is 8.90. The van der Waals surface area contributed by atoms with E-state index in [0.717, 1.165) is 25.3 Å². The van der Waals surface area contributed by atoms with Crippen LogP contribution in [0.5, 0.6) is 0 Å². The summed E-state index contributed by atoms with van der Waals surface area (Å²) < 4.78 is 4.14. The lowest BCUT2D eigenvalue weighted by molar-refractivity contribution is -0.134.